The molecule has 2 aromatic rings. The molecule has 22 heavy (non-hydrogen) atoms. The van der Waals surface area contributed by atoms with Crippen molar-refractivity contribution in [3.05, 3.63) is 57.0 Å². The highest BCUT2D eigenvalue weighted by atomic mass is 79.9. The lowest BCUT2D eigenvalue weighted by Crippen LogP contribution is -2.11. The molecule has 0 atom stereocenters. The second-order valence-corrected chi connectivity index (χ2v) is 5.91. The van der Waals surface area contributed by atoms with Gasteiger partial charge in [-0.3, -0.25) is 10.2 Å². The summed E-state index contributed by atoms with van der Waals surface area (Å²) in [6.07, 6.45) is 0.767. The van der Waals surface area contributed by atoms with Gasteiger partial charge in [0.1, 0.15) is 5.75 Å². The van der Waals surface area contributed by atoms with E-state index in [4.69, 9.17) is 9.57 Å². The van der Waals surface area contributed by atoms with Crippen molar-refractivity contribution in [3.63, 3.8) is 0 Å². The molecule has 0 bridgehead atoms. The molecule has 0 aliphatic rings. The van der Waals surface area contributed by atoms with Crippen molar-refractivity contribution in [2.45, 2.75) is 0 Å². The molecule has 0 aliphatic heterocycles. The third kappa shape index (κ3) is 4.85. The topological polar surface area (TPSA) is 59.9 Å². The van der Waals surface area contributed by atoms with E-state index in [1.807, 2.05) is 6.07 Å². The van der Waals surface area contributed by atoms with Gasteiger partial charge in [-0.2, -0.15) is 0 Å². The summed E-state index contributed by atoms with van der Waals surface area (Å²) in [6, 6.07) is 12.5. The summed E-state index contributed by atoms with van der Waals surface area (Å²) in [4.78, 5) is 16.4. The standard InChI is InChI=1S/C15H12Br2N2O3/c1-21-12-5-2-10(3-6-12)9-18-22-15(20)19-14-7-4-11(16)8-13(14)17/h2-9H,1H3,(H,19,20). The highest BCUT2D eigenvalue weighted by molar-refractivity contribution is 9.11. The molecule has 0 saturated heterocycles. The molecule has 114 valence electrons. The van der Waals surface area contributed by atoms with Gasteiger partial charge in [0.05, 0.1) is 19.0 Å². The molecule has 0 radical (unpaired) electrons. The van der Waals surface area contributed by atoms with Gasteiger partial charge < -0.3 is 4.74 Å². The third-order valence-electron chi connectivity index (χ3n) is 2.62. The van der Waals surface area contributed by atoms with Gasteiger partial charge >= 0.3 is 6.09 Å². The highest BCUT2D eigenvalue weighted by Crippen LogP contribution is 2.26. The van der Waals surface area contributed by atoms with E-state index in [0.717, 1.165) is 20.3 Å². The average molecular weight is 428 g/mol. The summed E-state index contributed by atoms with van der Waals surface area (Å²) >= 11 is 6.68. The van der Waals surface area contributed by atoms with Crippen LogP contribution >= 0.6 is 31.9 Å². The number of benzene rings is 2. The predicted molar refractivity (Wildman–Crippen MR) is 92.5 cm³/mol. The summed E-state index contributed by atoms with van der Waals surface area (Å²) in [6.45, 7) is 0. The van der Waals surface area contributed by atoms with E-state index in [-0.39, 0.29) is 0 Å². The summed E-state index contributed by atoms with van der Waals surface area (Å²) in [5.74, 6) is 0.746. The van der Waals surface area contributed by atoms with Crippen molar-refractivity contribution in [2.75, 3.05) is 12.4 Å². The molecule has 0 fully saturated rings. The Balaban J connectivity index is 1.90. The number of nitrogens with one attached hydrogen (secondary N) is 1. The van der Waals surface area contributed by atoms with Crippen LogP contribution in [-0.2, 0) is 4.84 Å². The third-order valence-corrected chi connectivity index (χ3v) is 3.77. The van der Waals surface area contributed by atoms with Gasteiger partial charge in [0.15, 0.2) is 0 Å². The molecule has 1 N–H and O–H groups in total. The quantitative estimate of drug-likeness (QED) is 0.433. The Kier molecular flexibility index (Phi) is 5.97. The van der Waals surface area contributed by atoms with Gasteiger partial charge in [0, 0.05) is 8.95 Å². The van der Waals surface area contributed by atoms with E-state index in [1.54, 1.807) is 43.5 Å². The number of ether oxygens (including phenoxy) is 1. The molecule has 2 rings (SSSR count). The average Bonchev–Trinajstić information content (AvgIpc) is 2.51. The van der Waals surface area contributed by atoms with Crippen LogP contribution in [0.4, 0.5) is 10.5 Å². The lowest BCUT2D eigenvalue weighted by atomic mass is 10.2. The highest BCUT2D eigenvalue weighted by Gasteiger charge is 2.06. The molecule has 0 aromatic heterocycles. The number of oxime groups is 1. The number of nitrogens with zero attached hydrogens (tertiary/aromatic N) is 1. The van der Waals surface area contributed by atoms with E-state index in [0.29, 0.717) is 5.69 Å². The van der Waals surface area contributed by atoms with Gasteiger partial charge in [0.25, 0.3) is 0 Å². The second-order valence-electron chi connectivity index (χ2n) is 4.14. The molecular weight excluding hydrogens is 416 g/mol. The van der Waals surface area contributed by atoms with Crippen molar-refractivity contribution >= 4 is 49.9 Å². The van der Waals surface area contributed by atoms with E-state index in [1.165, 1.54) is 6.21 Å². The maximum Gasteiger partial charge on any atom is 0.437 e. The minimum Gasteiger partial charge on any atom is -0.497 e. The molecule has 0 saturated carbocycles. The fraction of sp³-hybridized carbons (Fsp3) is 0.0667. The first-order valence-corrected chi connectivity index (χ1v) is 7.77. The Hall–Kier alpha value is -1.86. The molecule has 0 aliphatic carbocycles. The van der Waals surface area contributed by atoms with E-state index < -0.39 is 6.09 Å². The number of carbonyl (C=O) groups excluding carboxylic acids is 1. The number of hydrogen-bond acceptors (Lipinski definition) is 4. The Labute approximate surface area is 144 Å². The molecule has 1 amide bonds. The first kappa shape index (κ1) is 16.5. The Morgan fingerprint density at radius 2 is 1.91 bits per heavy atom. The number of rotatable bonds is 4. The predicted octanol–water partition coefficient (Wildman–Crippen LogP) is 4.80. The molecule has 0 unspecified atom stereocenters. The van der Waals surface area contributed by atoms with Gasteiger partial charge in [-0.1, -0.05) is 21.1 Å². The second kappa shape index (κ2) is 7.95. The number of carbonyl (C=O) groups is 1. The molecule has 5 nitrogen and oxygen atoms in total. The summed E-state index contributed by atoms with van der Waals surface area (Å²) in [5, 5.41) is 6.22. The fourth-order valence-electron chi connectivity index (χ4n) is 1.55. The lowest BCUT2D eigenvalue weighted by molar-refractivity contribution is 0.167. The van der Waals surface area contributed by atoms with Gasteiger partial charge in [-0.15, -0.1) is 0 Å². The van der Waals surface area contributed by atoms with Crippen LogP contribution < -0.4 is 10.1 Å². The van der Waals surface area contributed by atoms with E-state index in [2.05, 4.69) is 42.3 Å². The van der Waals surface area contributed by atoms with Crippen LogP contribution in [-0.4, -0.2) is 19.4 Å². The largest absolute Gasteiger partial charge is 0.497 e. The summed E-state index contributed by atoms with van der Waals surface area (Å²) in [5.41, 5.74) is 1.38. The van der Waals surface area contributed by atoms with Crippen LogP contribution in [0.3, 0.4) is 0 Å². The zero-order valence-corrected chi connectivity index (χ0v) is 14.7. The van der Waals surface area contributed by atoms with Crippen molar-refractivity contribution in [3.8, 4) is 5.75 Å². The van der Waals surface area contributed by atoms with Crippen LogP contribution in [0.2, 0.25) is 0 Å². The minimum atomic E-state index is -0.673. The zero-order valence-electron chi connectivity index (χ0n) is 11.5. The monoisotopic (exact) mass is 426 g/mol. The van der Waals surface area contributed by atoms with Gasteiger partial charge in [0.2, 0.25) is 0 Å². The molecule has 0 heterocycles. The van der Waals surface area contributed by atoms with Crippen LogP contribution in [0.25, 0.3) is 0 Å². The van der Waals surface area contributed by atoms with Crippen molar-refractivity contribution in [1.82, 2.24) is 0 Å². The van der Waals surface area contributed by atoms with Crippen molar-refractivity contribution < 1.29 is 14.4 Å². The molecule has 2 aromatic carbocycles. The summed E-state index contributed by atoms with van der Waals surface area (Å²) in [7, 11) is 1.59. The van der Waals surface area contributed by atoms with E-state index in [9.17, 15) is 4.79 Å². The number of halogens is 2. The first-order chi connectivity index (χ1) is 10.6. The van der Waals surface area contributed by atoms with Gasteiger partial charge in [-0.25, -0.2) is 4.79 Å². The summed E-state index contributed by atoms with van der Waals surface area (Å²) < 4.78 is 6.68. The SMILES string of the molecule is COc1ccc(C=NOC(=O)Nc2ccc(Br)cc2Br)cc1. The Bertz CT molecular complexity index is 688. The number of hydrogen-bond donors (Lipinski definition) is 1. The van der Waals surface area contributed by atoms with Gasteiger partial charge in [-0.05, 0) is 64.0 Å². The normalized spacial score (nSPS) is 10.5. The van der Waals surface area contributed by atoms with E-state index >= 15 is 0 Å². The molecule has 0 spiro atoms. The number of anilines is 1. The number of methoxy groups -OCH3 is 1. The maximum absolute atomic E-state index is 11.6. The maximum atomic E-state index is 11.6. The zero-order chi connectivity index (χ0) is 15.9. The fourth-order valence-corrected chi connectivity index (χ4v) is 2.69. The number of amides is 1. The minimum absolute atomic E-state index is 0.591. The van der Waals surface area contributed by atoms with Crippen LogP contribution in [0.5, 0.6) is 5.75 Å². The molecule has 7 heteroatoms. The smallest absolute Gasteiger partial charge is 0.437 e. The Morgan fingerprint density at radius 3 is 2.55 bits per heavy atom. The van der Waals surface area contributed by atoms with Crippen molar-refractivity contribution in [1.29, 1.82) is 0 Å². The van der Waals surface area contributed by atoms with Crippen LogP contribution in [0.1, 0.15) is 5.56 Å². The van der Waals surface area contributed by atoms with Crippen molar-refractivity contribution in [2.24, 2.45) is 5.16 Å². The lowest BCUT2D eigenvalue weighted by Gasteiger charge is -2.05. The Morgan fingerprint density at radius 1 is 1.18 bits per heavy atom. The molecular formula is C15H12Br2N2O3. The first-order valence-electron chi connectivity index (χ1n) is 6.19. The van der Waals surface area contributed by atoms with Crippen LogP contribution in [0.15, 0.2) is 56.6 Å². The van der Waals surface area contributed by atoms with Crippen LogP contribution in [0, 0.1) is 0 Å².